The molecular formula is C80H155NO5. The summed E-state index contributed by atoms with van der Waals surface area (Å²) >= 11 is 0. The van der Waals surface area contributed by atoms with E-state index in [0.29, 0.717) is 25.9 Å². The van der Waals surface area contributed by atoms with Crippen molar-refractivity contribution >= 4 is 11.9 Å². The molecule has 0 saturated heterocycles. The van der Waals surface area contributed by atoms with Gasteiger partial charge in [-0.1, -0.05) is 411 Å². The van der Waals surface area contributed by atoms with Crippen LogP contribution < -0.4 is 5.32 Å². The van der Waals surface area contributed by atoms with Crippen molar-refractivity contribution in [3.8, 4) is 0 Å². The molecule has 6 heteroatoms. The summed E-state index contributed by atoms with van der Waals surface area (Å²) in [6.45, 7) is 4.96. The lowest BCUT2D eigenvalue weighted by atomic mass is 10.0. The van der Waals surface area contributed by atoms with Gasteiger partial charge in [0, 0.05) is 12.8 Å². The molecular weight excluding hydrogens is 1050 g/mol. The van der Waals surface area contributed by atoms with Gasteiger partial charge in [-0.3, -0.25) is 9.59 Å². The van der Waals surface area contributed by atoms with Crippen LogP contribution in [0.5, 0.6) is 0 Å². The Labute approximate surface area is 539 Å². The van der Waals surface area contributed by atoms with Gasteiger partial charge in [0.2, 0.25) is 5.91 Å². The lowest BCUT2D eigenvalue weighted by Gasteiger charge is -2.22. The second-order valence-electron chi connectivity index (χ2n) is 27.4. The van der Waals surface area contributed by atoms with Gasteiger partial charge < -0.3 is 20.3 Å². The maximum atomic E-state index is 12.6. The Kier molecular flexibility index (Phi) is 74.3. The number of carbonyl (C=O) groups is 2. The Hall–Kier alpha value is -1.66. The highest BCUT2D eigenvalue weighted by atomic mass is 16.5. The molecule has 0 aliphatic carbocycles. The van der Waals surface area contributed by atoms with Gasteiger partial charge in [0.1, 0.15) is 0 Å². The molecule has 2 unspecified atom stereocenters. The van der Waals surface area contributed by atoms with Gasteiger partial charge in [0.15, 0.2) is 0 Å². The third-order valence-electron chi connectivity index (χ3n) is 18.8. The summed E-state index contributed by atoms with van der Waals surface area (Å²) in [4.78, 5) is 24.6. The molecule has 0 bridgehead atoms. The molecule has 2 atom stereocenters. The fourth-order valence-electron chi connectivity index (χ4n) is 12.7. The fraction of sp³-hybridized carbons (Fsp3) is 0.925. The Morgan fingerprint density at radius 3 is 0.919 bits per heavy atom. The van der Waals surface area contributed by atoms with Crippen LogP contribution in [0.3, 0.4) is 0 Å². The van der Waals surface area contributed by atoms with Gasteiger partial charge >= 0.3 is 5.97 Å². The van der Waals surface area contributed by atoms with Gasteiger partial charge in [-0.15, -0.1) is 0 Å². The Morgan fingerprint density at radius 2 is 0.593 bits per heavy atom. The minimum Gasteiger partial charge on any atom is -0.466 e. The van der Waals surface area contributed by atoms with Crippen LogP contribution in [0.15, 0.2) is 24.3 Å². The number of nitrogens with one attached hydrogen (secondary N) is 1. The van der Waals surface area contributed by atoms with E-state index < -0.39 is 12.1 Å². The van der Waals surface area contributed by atoms with Crippen LogP contribution in [0.4, 0.5) is 0 Å². The minimum atomic E-state index is -0.663. The van der Waals surface area contributed by atoms with Gasteiger partial charge in [-0.2, -0.15) is 0 Å². The van der Waals surface area contributed by atoms with Crippen LogP contribution in [-0.4, -0.2) is 47.4 Å². The predicted molar refractivity (Wildman–Crippen MR) is 380 cm³/mol. The van der Waals surface area contributed by atoms with E-state index in [-0.39, 0.29) is 18.5 Å². The molecule has 0 radical (unpaired) electrons. The molecule has 3 N–H and O–H groups in total. The number of hydrogen-bond acceptors (Lipinski definition) is 5. The van der Waals surface area contributed by atoms with E-state index in [2.05, 4.69) is 43.5 Å². The zero-order chi connectivity index (χ0) is 62.0. The zero-order valence-corrected chi connectivity index (χ0v) is 58.6. The number of rotatable bonds is 75. The average Bonchev–Trinajstić information content (AvgIpc) is 3.54. The van der Waals surface area contributed by atoms with Gasteiger partial charge in [0.05, 0.1) is 25.4 Å². The van der Waals surface area contributed by atoms with E-state index in [4.69, 9.17) is 4.74 Å². The van der Waals surface area contributed by atoms with Crippen molar-refractivity contribution in [1.82, 2.24) is 5.32 Å². The summed E-state index contributed by atoms with van der Waals surface area (Å²) in [6.07, 6.45) is 97.0. The lowest BCUT2D eigenvalue weighted by Crippen LogP contribution is -2.45. The van der Waals surface area contributed by atoms with Crippen LogP contribution in [0.2, 0.25) is 0 Å². The van der Waals surface area contributed by atoms with Crippen molar-refractivity contribution in [3.63, 3.8) is 0 Å². The molecule has 1 amide bonds. The third kappa shape index (κ3) is 71.4. The first-order valence-electron chi connectivity index (χ1n) is 39.6. The Balaban J connectivity index is 3.34. The number of esters is 1. The minimum absolute atomic E-state index is 0.00696. The number of aliphatic hydroxyl groups is 2. The van der Waals surface area contributed by atoms with E-state index >= 15 is 0 Å². The first-order valence-corrected chi connectivity index (χ1v) is 39.6. The summed E-state index contributed by atoms with van der Waals surface area (Å²) in [5, 5.41) is 23.5. The second kappa shape index (κ2) is 75.8. The van der Waals surface area contributed by atoms with Crippen LogP contribution >= 0.6 is 0 Å². The largest absolute Gasteiger partial charge is 0.466 e. The van der Waals surface area contributed by atoms with E-state index in [1.165, 1.54) is 366 Å². The van der Waals surface area contributed by atoms with Crippen molar-refractivity contribution in [2.24, 2.45) is 0 Å². The number of allylic oxidation sites excluding steroid dienone is 4. The van der Waals surface area contributed by atoms with Crippen LogP contribution in [0, 0.1) is 0 Å². The highest BCUT2D eigenvalue weighted by molar-refractivity contribution is 5.76. The molecule has 0 aromatic rings. The van der Waals surface area contributed by atoms with E-state index in [0.717, 1.165) is 51.4 Å². The Morgan fingerprint density at radius 1 is 0.326 bits per heavy atom. The predicted octanol–water partition coefficient (Wildman–Crippen LogP) is 26.0. The number of unbranched alkanes of at least 4 members (excludes halogenated alkanes) is 60. The fourth-order valence-corrected chi connectivity index (χ4v) is 12.7. The van der Waals surface area contributed by atoms with Crippen molar-refractivity contribution in [1.29, 1.82) is 0 Å². The average molecular weight is 1210 g/mol. The third-order valence-corrected chi connectivity index (χ3v) is 18.8. The maximum Gasteiger partial charge on any atom is 0.305 e. The van der Waals surface area contributed by atoms with E-state index in [1.54, 1.807) is 0 Å². The first kappa shape index (κ1) is 84.3. The van der Waals surface area contributed by atoms with Crippen LogP contribution in [0.25, 0.3) is 0 Å². The summed E-state index contributed by atoms with van der Waals surface area (Å²) in [7, 11) is 0. The van der Waals surface area contributed by atoms with Crippen LogP contribution in [-0.2, 0) is 14.3 Å². The molecule has 86 heavy (non-hydrogen) atoms. The molecule has 0 rings (SSSR count). The molecule has 0 heterocycles. The lowest BCUT2D eigenvalue weighted by molar-refractivity contribution is -0.143. The first-order chi connectivity index (χ1) is 42.5. The van der Waals surface area contributed by atoms with E-state index in [1.807, 2.05) is 0 Å². The quantitative estimate of drug-likeness (QED) is 0.0320. The molecule has 0 fully saturated rings. The van der Waals surface area contributed by atoms with Crippen molar-refractivity contribution < 1.29 is 24.5 Å². The number of amides is 1. The molecule has 0 saturated carbocycles. The van der Waals surface area contributed by atoms with Crippen molar-refractivity contribution in [2.75, 3.05) is 13.2 Å². The zero-order valence-electron chi connectivity index (χ0n) is 58.6. The smallest absolute Gasteiger partial charge is 0.305 e. The van der Waals surface area contributed by atoms with Crippen LogP contribution in [0.1, 0.15) is 450 Å². The molecule has 510 valence electrons. The standard InChI is InChI=1S/C80H155NO5/c1-3-5-7-9-11-13-15-17-19-20-21-22-23-33-36-39-42-45-48-52-56-60-64-68-72-78(83)77(76-82)81-79(84)73-69-65-61-57-53-49-46-43-40-37-34-31-29-27-25-24-26-28-30-32-35-38-41-44-47-51-55-59-63-67-71-75-86-80(85)74-70-66-62-58-54-50-18-16-14-12-10-8-6-4-2/h10,12,16,18,77-78,82-83H,3-9,11,13-15,17,19-76H2,1-2H3,(H,81,84)/b12-10-,18-16-. The maximum absolute atomic E-state index is 12.6. The number of aliphatic hydroxyl groups excluding tert-OH is 2. The number of carbonyl (C=O) groups excluding carboxylic acids is 2. The number of hydrogen-bond donors (Lipinski definition) is 3. The van der Waals surface area contributed by atoms with E-state index in [9.17, 15) is 19.8 Å². The van der Waals surface area contributed by atoms with Gasteiger partial charge in [-0.05, 0) is 51.4 Å². The molecule has 6 nitrogen and oxygen atoms in total. The molecule has 0 aliphatic rings. The summed E-state index contributed by atoms with van der Waals surface area (Å²) < 4.78 is 5.49. The van der Waals surface area contributed by atoms with Gasteiger partial charge in [-0.25, -0.2) is 0 Å². The second-order valence-corrected chi connectivity index (χ2v) is 27.4. The summed E-state index contributed by atoms with van der Waals surface area (Å²) in [5.74, 6) is -0.0180. The molecule has 0 aromatic heterocycles. The summed E-state index contributed by atoms with van der Waals surface area (Å²) in [5.41, 5.74) is 0. The van der Waals surface area contributed by atoms with Crippen molar-refractivity contribution in [2.45, 2.75) is 463 Å². The summed E-state index contributed by atoms with van der Waals surface area (Å²) in [6, 6.07) is -0.539. The highest BCUT2D eigenvalue weighted by Gasteiger charge is 2.20. The molecule has 0 spiro atoms. The highest BCUT2D eigenvalue weighted by Crippen LogP contribution is 2.20. The monoisotopic (exact) mass is 1210 g/mol. The normalized spacial score (nSPS) is 12.6. The SMILES string of the molecule is CCCC/C=C\C/C=C\CCCCCCCC(=O)OCCCCCCCCCCCCCCCCCCCCCCCCCCCCCCCCCC(=O)NC(CO)C(O)CCCCCCCCCCCCCCCCCCCCCCCCCC. The van der Waals surface area contributed by atoms with Gasteiger partial charge in [0.25, 0.3) is 0 Å². The number of ether oxygens (including phenoxy) is 1. The topological polar surface area (TPSA) is 95.9 Å². The van der Waals surface area contributed by atoms with Crippen molar-refractivity contribution in [3.05, 3.63) is 24.3 Å². The molecule has 0 aliphatic heterocycles. The molecule has 0 aromatic carbocycles. The Bertz CT molecular complexity index is 1350.